The number of hydrogen-bond acceptors (Lipinski definition) is 4. The zero-order valence-corrected chi connectivity index (χ0v) is 13.7. The second-order valence-corrected chi connectivity index (χ2v) is 6.62. The van der Waals surface area contributed by atoms with Gasteiger partial charge in [0.05, 0.1) is 5.69 Å². The maximum absolute atomic E-state index is 12.5. The van der Waals surface area contributed by atoms with E-state index in [1.54, 1.807) is 32.9 Å². The SMILES string of the molecule is CC(C)(C)OC(=O)Nc1cc(Cl)ccc1C(=O)C1CCCO1. The second kappa shape index (κ2) is 6.67. The Kier molecular flexibility index (Phi) is 5.08. The fourth-order valence-electron chi connectivity index (χ4n) is 2.21. The first-order valence-corrected chi connectivity index (χ1v) is 7.59. The molecule has 1 unspecified atom stereocenters. The van der Waals surface area contributed by atoms with Gasteiger partial charge in [-0.1, -0.05) is 11.6 Å². The molecule has 0 bridgehead atoms. The largest absolute Gasteiger partial charge is 0.444 e. The standard InChI is InChI=1S/C16H20ClNO4/c1-16(2,3)22-15(20)18-12-9-10(17)6-7-11(12)14(19)13-5-4-8-21-13/h6-7,9,13H,4-5,8H2,1-3H3,(H,18,20). The summed E-state index contributed by atoms with van der Waals surface area (Å²) in [6.45, 7) is 5.88. The van der Waals surface area contributed by atoms with Gasteiger partial charge in [0.1, 0.15) is 11.7 Å². The van der Waals surface area contributed by atoms with Crippen molar-refractivity contribution in [2.45, 2.75) is 45.3 Å². The van der Waals surface area contributed by atoms with Gasteiger partial charge in [-0.05, 0) is 51.8 Å². The summed E-state index contributed by atoms with van der Waals surface area (Å²) in [4.78, 5) is 24.4. The molecule has 1 fully saturated rings. The summed E-state index contributed by atoms with van der Waals surface area (Å²) >= 11 is 5.96. The predicted molar refractivity (Wildman–Crippen MR) is 84.6 cm³/mol. The lowest BCUT2D eigenvalue weighted by Crippen LogP contribution is -2.28. The van der Waals surface area contributed by atoms with E-state index in [0.717, 1.165) is 6.42 Å². The van der Waals surface area contributed by atoms with Crippen LogP contribution < -0.4 is 5.32 Å². The molecule has 1 atom stereocenters. The summed E-state index contributed by atoms with van der Waals surface area (Å²) in [6.07, 6.45) is 0.461. The molecule has 0 aliphatic carbocycles. The Balaban J connectivity index is 2.20. The van der Waals surface area contributed by atoms with Crippen LogP contribution in [0.2, 0.25) is 5.02 Å². The van der Waals surface area contributed by atoms with E-state index in [2.05, 4.69) is 5.32 Å². The van der Waals surface area contributed by atoms with Crippen LogP contribution >= 0.6 is 11.6 Å². The number of anilines is 1. The van der Waals surface area contributed by atoms with Crippen molar-refractivity contribution >= 4 is 29.2 Å². The number of carbonyl (C=O) groups is 2. The van der Waals surface area contributed by atoms with Crippen molar-refractivity contribution in [2.75, 3.05) is 11.9 Å². The van der Waals surface area contributed by atoms with Gasteiger partial charge in [0.25, 0.3) is 0 Å². The molecule has 22 heavy (non-hydrogen) atoms. The minimum Gasteiger partial charge on any atom is -0.444 e. The van der Waals surface area contributed by atoms with Crippen molar-refractivity contribution in [1.82, 2.24) is 0 Å². The Labute approximate surface area is 134 Å². The van der Waals surface area contributed by atoms with Crippen LogP contribution in [0.4, 0.5) is 10.5 Å². The third-order valence-electron chi connectivity index (χ3n) is 3.10. The number of benzene rings is 1. The number of ether oxygens (including phenoxy) is 2. The monoisotopic (exact) mass is 325 g/mol. The van der Waals surface area contributed by atoms with Crippen LogP contribution in [0.15, 0.2) is 18.2 Å². The first-order valence-electron chi connectivity index (χ1n) is 7.21. The number of Topliss-reactive ketones (excluding diaryl/α,β-unsaturated/α-hetero) is 1. The normalized spacial score (nSPS) is 18.1. The van der Waals surface area contributed by atoms with Gasteiger partial charge in [0.2, 0.25) is 0 Å². The van der Waals surface area contributed by atoms with Gasteiger partial charge in [-0.2, -0.15) is 0 Å². The van der Waals surface area contributed by atoms with Gasteiger partial charge in [-0.3, -0.25) is 10.1 Å². The Bertz CT molecular complexity index is 574. The zero-order valence-electron chi connectivity index (χ0n) is 12.9. The van der Waals surface area contributed by atoms with E-state index in [0.29, 0.717) is 29.3 Å². The fourth-order valence-corrected chi connectivity index (χ4v) is 2.38. The van der Waals surface area contributed by atoms with Crippen LogP contribution in [0.3, 0.4) is 0 Å². The van der Waals surface area contributed by atoms with E-state index < -0.39 is 17.8 Å². The molecule has 0 radical (unpaired) electrons. The Morgan fingerprint density at radius 2 is 2.09 bits per heavy atom. The summed E-state index contributed by atoms with van der Waals surface area (Å²) in [5, 5.41) is 3.02. The molecule has 0 saturated carbocycles. The molecular weight excluding hydrogens is 306 g/mol. The lowest BCUT2D eigenvalue weighted by atomic mass is 10.0. The molecular formula is C16H20ClNO4. The van der Waals surface area contributed by atoms with Gasteiger partial charge < -0.3 is 9.47 Å². The smallest absolute Gasteiger partial charge is 0.412 e. The lowest BCUT2D eigenvalue weighted by Gasteiger charge is -2.20. The molecule has 6 heteroatoms. The summed E-state index contributed by atoms with van der Waals surface area (Å²) in [7, 11) is 0. The number of hydrogen-bond donors (Lipinski definition) is 1. The maximum atomic E-state index is 12.5. The van der Waals surface area contributed by atoms with Crippen molar-refractivity contribution in [3.63, 3.8) is 0 Å². The molecule has 0 spiro atoms. The minimum absolute atomic E-state index is 0.153. The Morgan fingerprint density at radius 3 is 2.68 bits per heavy atom. The molecule has 1 aromatic rings. The van der Waals surface area contributed by atoms with Crippen LogP contribution in [-0.4, -0.2) is 30.2 Å². The van der Waals surface area contributed by atoms with E-state index in [1.165, 1.54) is 6.07 Å². The fraction of sp³-hybridized carbons (Fsp3) is 0.500. The van der Waals surface area contributed by atoms with Crippen molar-refractivity contribution in [1.29, 1.82) is 0 Å². The van der Waals surface area contributed by atoms with E-state index >= 15 is 0 Å². The highest BCUT2D eigenvalue weighted by molar-refractivity contribution is 6.31. The first-order chi connectivity index (χ1) is 10.3. The molecule has 1 saturated heterocycles. The summed E-state index contributed by atoms with van der Waals surface area (Å²) in [5.74, 6) is -0.153. The van der Waals surface area contributed by atoms with E-state index in [9.17, 15) is 9.59 Å². The highest BCUT2D eigenvalue weighted by atomic mass is 35.5. The van der Waals surface area contributed by atoms with Crippen molar-refractivity contribution < 1.29 is 19.1 Å². The van der Waals surface area contributed by atoms with Gasteiger partial charge in [0, 0.05) is 17.2 Å². The topological polar surface area (TPSA) is 64.6 Å². The van der Waals surface area contributed by atoms with E-state index in [-0.39, 0.29) is 5.78 Å². The van der Waals surface area contributed by atoms with Gasteiger partial charge in [-0.15, -0.1) is 0 Å². The molecule has 1 aliphatic rings. The van der Waals surface area contributed by atoms with E-state index in [1.807, 2.05) is 0 Å². The molecule has 5 nitrogen and oxygen atoms in total. The van der Waals surface area contributed by atoms with Crippen LogP contribution in [0.1, 0.15) is 44.0 Å². The number of nitrogens with one attached hydrogen (secondary N) is 1. The number of ketones is 1. The number of rotatable bonds is 3. The van der Waals surface area contributed by atoms with Crippen LogP contribution in [0.5, 0.6) is 0 Å². The maximum Gasteiger partial charge on any atom is 0.412 e. The number of amides is 1. The van der Waals surface area contributed by atoms with E-state index in [4.69, 9.17) is 21.1 Å². The highest BCUT2D eigenvalue weighted by Crippen LogP contribution is 2.26. The van der Waals surface area contributed by atoms with Crippen molar-refractivity contribution in [3.8, 4) is 0 Å². The molecule has 2 rings (SSSR count). The molecule has 1 amide bonds. The Hall–Kier alpha value is -1.59. The zero-order chi connectivity index (χ0) is 16.3. The molecule has 0 aromatic heterocycles. The molecule has 1 heterocycles. The lowest BCUT2D eigenvalue weighted by molar-refractivity contribution is 0.0634. The molecule has 120 valence electrons. The second-order valence-electron chi connectivity index (χ2n) is 6.18. The number of carbonyl (C=O) groups excluding carboxylic acids is 2. The first kappa shape index (κ1) is 16.8. The van der Waals surface area contributed by atoms with Crippen LogP contribution in [0.25, 0.3) is 0 Å². The van der Waals surface area contributed by atoms with Crippen LogP contribution in [0, 0.1) is 0 Å². The average Bonchev–Trinajstić information content (AvgIpc) is 2.89. The number of halogens is 1. The van der Waals surface area contributed by atoms with Crippen molar-refractivity contribution in [3.05, 3.63) is 28.8 Å². The molecule has 1 aromatic carbocycles. The summed E-state index contributed by atoms with van der Waals surface area (Å²) in [6, 6.07) is 4.75. The predicted octanol–water partition coefficient (Wildman–Crippen LogP) is 4.05. The quantitative estimate of drug-likeness (QED) is 0.851. The summed E-state index contributed by atoms with van der Waals surface area (Å²) < 4.78 is 10.6. The molecule has 1 N–H and O–H groups in total. The minimum atomic E-state index is -0.629. The van der Waals surface area contributed by atoms with Crippen LogP contribution in [-0.2, 0) is 9.47 Å². The van der Waals surface area contributed by atoms with Gasteiger partial charge in [0.15, 0.2) is 5.78 Å². The van der Waals surface area contributed by atoms with Crippen molar-refractivity contribution in [2.24, 2.45) is 0 Å². The molecule has 1 aliphatic heterocycles. The van der Waals surface area contributed by atoms with Gasteiger partial charge in [-0.25, -0.2) is 4.79 Å². The third-order valence-corrected chi connectivity index (χ3v) is 3.34. The van der Waals surface area contributed by atoms with Gasteiger partial charge >= 0.3 is 6.09 Å². The third kappa shape index (κ3) is 4.45. The average molecular weight is 326 g/mol. The Morgan fingerprint density at radius 1 is 1.36 bits per heavy atom. The highest BCUT2D eigenvalue weighted by Gasteiger charge is 2.27. The summed E-state index contributed by atoms with van der Waals surface area (Å²) in [5.41, 5.74) is 0.0888.